The van der Waals surface area contributed by atoms with Crippen LogP contribution in [0.4, 0.5) is 17.1 Å². The summed E-state index contributed by atoms with van der Waals surface area (Å²) in [5.41, 5.74) is 3.39. The molecule has 2 amide bonds. The van der Waals surface area contributed by atoms with Gasteiger partial charge in [-0.05, 0) is 41.3 Å². The van der Waals surface area contributed by atoms with Gasteiger partial charge in [0.25, 0.3) is 5.91 Å². The minimum absolute atomic E-state index is 0.239. The molecule has 174 valence electrons. The van der Waals surface area contributed by atoms with Crippen molar-refractivity contribution in [3.63, 3.8) is 0 Å². The fourth-order valence-electron chi connectivity index (χ4n) is 5.16. The highest BCUT2D eigenvalue weighted by Crippen LogP contribution is 2.48. The van der Waals surface area contributed by atoms with Crippen LogP contribution in [0.3, 0.4) is 0 Å². The summed E-state index contributed by atoms with van der Waals surface area (Å²) >= 11 is 0. The van der Waals surface area contributed by atoms with Crippen LogP contribution in [0.15, 0.2) is 97.1 Å². The molecular weight excluding hydrogens is 438 g/mol. The lowest BCUT2D eigenvalue weighted by Crippen LogP contribution is -2.37. The second kappa shape index (κ2) is 8.25. The number of rotatable bonds is 4. The Morgan fingerprint density at radius 3 is 2.17 bits per heavy atom. The molecule has 2 aliphatic heterocycles. The molecule has 2 fully saturated rings. The molecule has 0 unspecified atom stereocenters. The Bertz CT molecular complexity index is 1410. The molecule has 0 N–H and O–H groups in total. The van der Waals surface area contributed by atoms with Gasteiger partial charge in [0.15, 0.2) is 6.10 Å². The zero-order valence-electron chi connectivity index (χ0n) is 19.5. The minimum atomic E-state index is -0.889. The topological polar surface area (TPSA) is 53.1 Å². The molecule has 35 heavy (non-hydrogen) atoms. The third-order valence-electron chi connectivity index (χ3n) is 6.88. The molecule has 2 saturated heterocycles. The van der Waals surface area contributed by atoms with E-state index in [1.807, 2.05) is 116 Å². The van der Waals surface area contributed by atoms with Crippen molar-refractivity contribution in [1.82, 2.24) is 0 Å². The summed E-state index contributed by atoms with van der Waals surface area (Å²) < 4.78 is 0. The van der Waals surface area contributed by atoms with Crippen LogP contribution in [0.1, 0.15) is 11.6 Å². The fraction of sp³-hybridized carbons (Fsp3) is 0.172. The number of amides is 2. The quantitative estimate of drug-likeness (QED) is 0.401. The molecule has 2 heterocycles. The molecule has 0 saturated carbocycles. The summed E-state index contributed by atoms with van der Waals surface area (Å²) in [5, 5.41) is 3.57. The number of anilines is 3. The Morgan fingerprint density at radius 1 is 0.743 bits per heavy atom. The predicted octanol–water partition coefficient (Wildman–Crippen LogP) is 4.96. The molecule has 6 rings (SSSR count). The average Bonchev–Trinajstić information content (AvgIpc) is 3.40. The van der Waals surface area contributed by atoms with Crippen LogP contribution in [-0.2, 0) is 14.4 Å². The van der Waals surface area contributed by atoms with E-state index >= 15 is 0 Å². The number of carbonyl (C=O) groups is 2. The van der Waals surface area contributed by atoms with E-state index < -0.39 is 18.1 Å². The second-order valence-corrected chi connectivity index (χ2v) is 9.15. The third kappa shape index (κ3) is 3.37. The monoisotopic (exact) mass is 463 g/mol. The van der Waals surface area contributed by atoms with Crippen LogP contribution in [-0.4, -0.2) is 32.0 Å². The van der Waals surface area contributed by atoms with Crippen LogP contribution in [0.25, 0.3) is 10.8 Å². The van der Waals surface area contributed by atoms with E-state index in [1.165, 1.54) is 4.90 Å². The summed E-state index contributed by atoms with van der Waals surface area (Å²) in [4.78, 5) is 37.3. The Labute approximate surface area is 203 Å². The van der Waals surface area contributed by atoms with E-state index in [0.29, 0.717) is 5.69 Å². The minimum Gasteiger partial charge on any atom is -0.378 e. The van der Waals surface area contributed by atoms with Gasteiger partial charge in [-0.1, -0.05) is 66.7 Å². The maximum atomic E-state index is 14.0. The predicted molar refractivity (Wildman–Crippen MR) is 137 cm³/mol. The van der Waals surface area contributed by atoms with Crippen LogP contribution in [0.5, 0.6) is 0 Å². The SMILES string of the molecule is CN(C)c1ccc([C@H]2[C@H]3C(=O)N(c4cccc5ccccc45)C(=O)[C@H]3ON2c2ccccc2)cc1. The molecule has 4 aromatic carbocycles. The molecule has 0 spiro atoms. The normalized spacial score (nSPS) is 21.6. The van der Waals surface area contributed by atoms with Gasteiger partial charge in [-0.3, -0.25) is 14.4 Å². The van der Waals surface area contributed by atoms with Crippen molar-refractivity contribution in [3.8, 4) is 0 Å². The number of hydrogen-bond donors (Lipinski definition) is 0. The van der Waals surface area contributed by atoms with E-state index in [1.54, 1.807) is 5.06 Å². The number of hydrogen-bond acceptors (Lipinski definition) is 5. The molecule has 4 aromatic rings. The standard InChI is InChI=1S/C29H25N3O3/c1-30(2)21-17-15-20(16-18-21)26-25-27(35-32(26)22-11-4-3-5-12-22)29(34)31(28(25)33)24-14-8-10-19-9-6-7-13-23(19)24/h3-18,25-27H,1-2H3/t25-,26+,27+/m1/s1. The summed E-state index contributed by atoms with van der Waals surface area (Å²) in [6, 6.07) is 30.7. The van der Waals surface area contributed by atoms with Crippen molar-refractivity contribution >= 4 is 39.6 Å². The van der Waals surface area contributed by atoms with Crippen molar-refractivity contribution in [2.45, 2.75) is 12.1 Å². The van der Waals surface area contributed by atoms with Crippen LogP contribution in [0, 0.1) is 5.92 Å². The number of imide groups is 1. The molecule has 3 atom stereocenters. The van der Waals surface area contributed by atoms with E-state index in [0.717, 1.165) is 27.7 Å². The molecule has 6 heteroatoms. The maximum Gasteiger partial charge on any atom is 0.266 e. The van der Waals surface area contributed by atoms with Crippen LogP contribution < -0.4 is 14.9 Å². The van der Waals surface area contributed by atoms with Gasteiger partial charge >= 0.3 is 0 Å². The van der Waals surface area contributed by atoms with Gasteiger partial charge in [0, 0.05) is 25.2 Å². The Hall–Kier alpha value is -4.16. The number of hydroxylamine groups is 1. The van der Waals surface area contributed by atoms with E-state index in [9.17, 15) is 9.59 Å². The van der Waals surface area contributed by atoms with Gasteiger partial charge in [-0.2, -0.15) is 0 Å². The van der Waals surface area contributed by atoms with E-state index in [-0.39, 0.29) is 11.8 Å². The fourth-order valence-corrected chi connectivity index (χ4v) is 5.16. The number of para-hydroxylation sites is 1. The number of nitrogens with zero attached hydrogens (tertiary/aromatic N) is 3. The summed E-state index contributed by atoms with van der Waals surface area (Å²) in [6.45, 7) is 0. The first-order chi connectivity index (χ1) is 17.0. The van der Waals surface area contributed by atoms with Crippen LogP contribution >= 0.6 is 0 Å². The lowest BCUT2D eigenvalue weighted by molar-refractivity contribution is -0.126. The highest BCUT2D eigenvalue weighted by Gasteiger charge is 2.60. The number of fused-ring (bicyclic) bond motifs is 2. The van der Waals surface area contributed by atoms with Gasteiger partial charge in [-0.15, -0.1) is 0 Å². The van der Waals surface area contributed by atoms with Crippen molar-refractivity contribution in [3.05, 3.63) is 103 Å². The first-order valence-corrected chi connectivity index (χ1v) is 11.7. The van der Waals surface area contributed by atoms with Crippen molar-refractivity contribution in [1.29, 1.82) is 0 Å². The van der Waals surface area contributed by atoms with Crippen molar-refractivity contribution < 1.29 is 14.4 Å². The third-order valence-corrected chi connectivity index (χ3v) is 6.88. The molecule has 0 radical (unpaired) electrons. The maximum absolute atomic E-state index is 14.0. The largest absolute Gasteiger partial charge is 0.378 e. The number of carbonyl (C=O) groups excluding carboxylic acids is 2. The first-order valence-electron chi connectivity index (χ1n) is 11.7. The van der Waals surface area contributed by atoms with Crippen LogP contribution in [0.2, 0.25) is 0 Å². The Kier molecular flexibility index (Phi) is 5.04. The first kappa shape index (κ1) is 21.4. The summed E-state index contributed by atoms with van der Waals surface area (Å²) in [5.74, 6) is -1.23. The van der Waals surface area contributed by atoms with Crippen molar-refractivity contribution in [2.75, 3.05) is 29.0 Å². The Balaban J connectivity index is 1.45. The zero-order valence-corrected chi connectivity index (χ0v) is 19.5. The lowest BCUT2D eigenvalue weighted by Gasteiger charge is -2.29. The molecule has 6 nitrogen and oxygen atoms in total. The summed E-state index contributed by atoms with van der Waals surface area (Å²) in [6.07, 6.45) is -0.889. The molecule has 2 aliphatic rings. The lowest BCUT2D eigenvalue weighted by atomic mass is 9.90. The Morgan fingerprint density at radius 2 is 1.43 bits per heavy atom. The van der Waals surface area contributed by atoms with Gasteiger partial charge < -0.3 is 4.90 Å². The molecule has 0 aromatic heterocycles. The van der Waals surface area contributed by atoms with E-state index in [2.05, 4.69) is 0 Å². The van der Waals surface area contributed by atoms with Gasteiger partial charge in [-0.25, -0.2) is 9.96 Å². The highest BCUT2D eigenvalue weighted by atomic mass is 16.7. The summed E-state index contributed by atoms with van der Waals surface area (Å²) in [7, 11) is 3.97. The number of benzene rings is 4. The molecule has 0 bridgehead atoms. The van der Waals surface area contributed by atoms with Gasteiger partial charge in [0.2, 0.25) is 5.91 Å². The van der Waals surface area contributed by atoms with Gasteiger partial charge in [0.1, 0.15) is 5.92 Å². The molecule has 0 aliphatic carbocycles. The zero-order chi connectivity index (χ0) is 24.1. The molecular formula is C29H25N3O3. The van der Waals surface area contributed by atoms with Gasteiger partial charge in [0.05, 0.1) is 17.4 Å². The van der Waals surface area contributed by atoms with E-state index in [4.69, 9.17) is 4.84 Å². The average molecular weight is 464 g/mol. The second-order valence-electron chi connectivity index (χ2n) is 9.15. The highest BCUT2D eigenvalue weighted by molar-refractivity contribution is 6.26. The van der Waals surface area contributed by atoms with Crippen molar-refractivity contribution in [2.24, 2.45) is 5.92 Å². The smallest absolute Gasteiger partial charge is 0.266 e.